The summed E-state index contributed by atoms with van der Waals surface area (Å²) >= 11 is 0. The average molecular weight is 291 g/mol. The molecule has 106 valence electrons. The second-order valence-electron chi connectivity index (χ2n) is 4.73. The molecule has 2 rings (SSSR count). The van der Waals surface area contributed by atoms with Crippen molar-refractivity contribution in [3.8, 4) is 0 Å². The van der Waals surface area contributed by atoms with Crippen LogP contribution in [0.4, 0.5) is 5.69 Å². The average Bonchev–Trinajstić information content (AvgIpc) is 2.38. The van der Waals surface area contributed by atoms with Crippen molar-refractivity contribution in [1.29, 1.82) is 0 Å². The molecule has 0 fully saturated rings. The minimum Gasteiger partial charge on any atom is -0.377 e. The smallest absolute Gasteiger partial charge is 0.238 e. The van der Waals surface area contributed by atoms with Crippen molar-refractivity contribution in [2.24, 2.45) is 5.14 Å². The third kappa shape index (κ3) is 3.55. The van der Waals surface area contributed by atoms with Gasteiger partial charge >= 0.3 is 0 Å². The van der Waals surface area contributed by atoms with Gasteiger partial charge in [-0.3, -0.25) is 4.98 Å². The summed E-state index contributed by atoms with van der Waals surface area (Å²) in [4.78, 5) is 4.24. The van der Waals surface area contributed by atoms with Crippen molar-refractivity contribution < 1.29 is 8.42 Å². The number of aromatic nitrogens is 1. The van der Waals surface area contributed by atoms with Crippen molar-refractivity contribution >= 4 is 15.7 Å². The first-order valence-electron chi connectivity index (χ1n) is 6.17. The molecule has 0 saturated heterocycles. The zero-order chi connectivity index (χ0) is 14.8. The van der Waals surface area contributed by atoms with E-state index in [-0.39, 0.29) is 10.9 Å². The fraction of sp³-hybridized carbons (Fsp3) is 0.214. The van der Waals surface area contributed by atoms with Crippen molar-refractivity contribution in [3.63, 3.8) is 0 Å². The minimum atomic E-state index is -3.64. The summed E-state index contributed by atoms with van der Waals surface area (Å²) in [6.07, 6.45) is 3.54. The number of anilines is 1. The Hall–Kier alpha value is -1.92. The van der Waals surface area contributed by atoms with E-state index in [4.69, 9.17) is 5.14 Å². The predicted molar refractivity (Wildman–Crippen MR) is 78.8 cm³/mol. The first-order chi connectivity index (χ1) is 9.36. The second-order valence-corrected chi connectivity index (χ2v) is 6.29. The SMILES string of the molecule is Cc1cncc(NC(C)c2ccc(S(N)(=O)=O)cc2)c1. The summed E-state index contributed by atoms with van der Waals surface area (Å²) in [7, 11) is -3.64. The van der Waals surface area contributed by atoms with Gasteiger partial charge in [-0.05, 0) is 43.2 Å². The Labute approximate surface area is 118 Å². The molecule has 0 amide bonds. The van der Waals surface area contributed by atoms with E-state index in [1.54, 1.807) is 24.5 Å². The molecule has 0 aliphatic heterocycles. The number of nitrogens with one attached hydrogen (secondary N) is 1. The van der Waals surface area contributed by atoms with Crippen LogP contribution in [0, 0.1) is 6.92 Å². The summed E-state index contributed by atoms with van der Waals surface area (Å²) < 4.78 is 22.4. The largest absolute Gasteiger partial charge is 0.377 e. The van der Waals surface area contributed by atoms with Crippen LogP contribution < -0.4 is 10.5 Å². The lowest BCUT2D eigenvalue weighted by Gasteiger charge is -2.16. The van der Waals surface area contributed by atoms with Gasteiger partial charge in [0.2, 0.25) is 10.0 Å². The molecule has 0 aliphatic rings. The maximum absolute atomic E-state index is 11.2. The van der Waals surface area contributed by atoms with Gasteiger partial charge in [0.05, 0.1) is 10.6 Å². The van der Waals surface area contributed by atoms with Gasteiger partial charge in [-0.2, -0.15) is 0 Å². The van der Waals surface area contributed by atoms with Gasteiger partial charge in [0, 0.05) is 18.4 Å². The van der Waals surface area contributed by atoms with Gasteiger partial charge in [-0.15, -0.1) is 0 Å². The van der Waals surface area contributed by atoms with Crippen LogP contribution in [0.1, 0.15) is 24.1 Å². The number of hydrogen-bond acceptors (Lipinski definition) is 4. The Morgan fingerprint density at radius 2 is 1.85 bits per heavy atom. The highest BCUT2D eigenvalue weighted by Crippen LogP contribution is 2.20. The summed E-state index contributed by atoms with van der Waals surface area (Å²) in [6.45, 7) is 3.97. The molecule has 1 aromatic heterocycles. The number of rotatable bonds is 4. The summed E-state index contributed by atoms with van der Waals surface area (Å²) in [5.41, 5.74) is 2.97. The Morgan fingerprint density at radius 1 is 1.20 bits per heavy atom. The van der Waals surface area contributed by atoms with E-state index in [9.17, 15) is 8.42 Å². The number of nitrogens with zero attached hydrogens (tertiary/aromatic N) is 1. The standard InChI is InChI=1S/C14H17N3O2S/c1-10-7-13(9-16-8-10)17-11(2)12-3-5-14(6-4-12)20(15,18)19/h3-9,11,17H,1-2H3,(H2,15,18,19). The fourth-order valence-electron chi connectivity index (χ4n) is 1.91. The second kappa shape index (κ2) is 5.60. The molecule has 1 heterocycles. The third-order valence-electron chi connectivity index (χ3n) is 2.97. The number of benzene rings is 1. The van der Waals surface area contributed by atoms with Gasteiger partial charge in [-0.1, -0.05) is 12.1 Å². The Morgan fingerprint density at radius 3 is 2.40 bits per heavy atom. The number of pyridine rings is 1. The zero-order valence-corrected chi connectivity index (χ0v) is 12.2. The van der Waals surface area contributed by atoms with E-state index >= 15 is 0 Å². The van der Waals surface area contributed by atoms with Gasteiger partial charge in [0.15, 0.2) is 0 Å². The highest BCUT2D eigenvalue weighted by atomic mass is 32.2. The molecule has 0 spiro atoms. The molecule has 2 aromatic rings. The van der Waals surface area contributed by atoms with Gasteiger partial charge in [0.1, 0.15) is 0 Å². The monoisotopic (exact) mass is 291 g/mol. The molecule has 1 atom stereocenters. The molecule has 20 heavy (non-hydrogen) atoms. The first kappa shape index (κ1) is 14.5. The lowest BCUT2D eigenvalue weighted by atomic mass is 10.1. The van der Waals surface area contributed by atoms with Crippen LogP contribution in [0.2, 0.25) is 0 Å². The van der Waals surface area contributed by atoms with Crippen LogP contribution in [0.15, 0.2) is 47.6 Å². The number of aryl methyl sites for hydroxylation is 1. The van der Waals surface area contributed by atoms with Crippen molar-refractivity contribution in [3.05, 3.63) is 53.9 Å². The van der Waals surface area contributed by atoms with E-state index in [2.05, 4.69) is 10.3 Å². The summed E-state index contributed by atoms with van der Waals surface area (Å²) in [5, 5.41) is 8.39. The van der Waals surface area contributed by atoms with E-state index < -0.39 is 10.0 Å². The molecule has 6 heteroatoms. The summed E-state index contributed by atoms with van der Waals surface area (Å²) in [5.74, 6) is 0. The fourth-order valence-corrected chi connectivity index (χ4v) is 2.43. The van der Waals surface area contributed by atoms with Crippen LogP contribution in [0.25, 0.3) is 0 Å². The maximum Gasteiger partial charge on any atom is 0.238 e. The number of primary sulfonamides is 1. The lowest BCUT2D eigenvalue weighted by molar-refractivity contribution is 0.597. The molecular formula is C14H17N3O2S. The van der Waals surface area contributed by atoms with Gasteiger partial charge < -0.3 is 5.32 Å². The van der Waals surface area contributed by atoms with E-state index in [1.165, 1.54) is 12.1 Å². The Balaban J connectivity index is 2.15. The lowest BCUT2D eigenvalue weighted by Crippen LogP contribution is -2.12. The normalized spacial score (nSPS) is 12.9. The summed E-state index contributed by atoms with van der Waals surface area (Å²) in [6, 6.07) is 8.56. The number of sulfonamides is 1. The molecule has 0 radical (unpaired) electrons. The van der Waals surface area contributed by atoms with Crippen molar-refractivity contribution in [1.82, 2.24) is 4.98 Å². The molecule has 0 bridgehead atoms. The van der Waals surface area contributed by atoms with Crippen LogP contribution >= 0.6 is 0 Å². The molecule has 1 unspecified atom stereocenters. The molecule has 1 aromatic carbocycles. The van der Waals surface area contributed by atoms with Crippen molar-refractivity contribution in [2.75, 3.05) is 5.32 Å². The number of nitrogens with two attached hydrogens (primary N) is 1. The first-order valence-corrected chi connectivity index (χ1v) is 7.72. The van der Waals surface area contributed by atoms with Crippen molar-refractivity contribution in [2.45, 2.75) is 24.8 Å². The van der Waals surface area contributed by atoms with Crippen LogP contribution in [-0.4, -0.2) is 13.4 Å². The van der Waals surface area contributed by atoms with Crippen LogP contribution in [-0.2, 0) is 10.0 Å². The molecule has 0 saturated carbocycles. The highest BCUT2D eigenvalue weighted by Gasteiger charge is 2.10. The molecule has 0 aliphatic carbocycles. The Bertz CT molecular complexity index is 697. The molecule has 3 N–H and O–H groups in total. The molecule has 5 nitrogen and oxygen atoms in total. The van der Waals surface area contributed by atoms with Crippen LogP contribution in [0.5, 0.6) is 0 Å². The van der Waals surface area contributed by atoms with E-state index in [1.807, 2.05) is 19.9 Å². The predicted octanol–water partition coefficient (Wildman–Crippen LogP) is 2.21. The maximum atomic E-state index is 11.2. The minimum absolute atomic E-state index is 0.0353. The topological polar surface area (TPSA) is 85.1 Å². The zero-order valence-electron chi connectivity index (χ0n) is 11.4. The quantitative estimate of drug-likeness (QED) is 0.904. The molecular weight excluding hydrogens is 274 g/mol. The van der Waals surface area contributed by atoms with Gasteiger partial charge in [0.25, 0.3) is 0 Å². The van der Waals surface area contributed by atoms with Crippen LogP contribution in [0.3, 0.4) is 0 Å². The van der Waals surface area contributed by atoms with E-state index in [0.717, 1.165) is 16.8 Å². The Kier molecular flexibility index (Phi) is 4.06. The third-order valence-corrected chi connectivity index (χ3v) is 3.90. The highest BCUT2D eigenvalue weighted by molar-refractivity contribution is 7.89. The van der Waals surface area contributed by atoms with Gasteiger partial charge in [-0.25, -0.2) is 13.6 Å². The number of hydrogen-bond donors (Lipinski definition) is 2. The van der Waals surface area contributed by atoms with E-state index in [0.29, 0.717) is 0 Å².